The lowest BCUT2D eigenvalue weighted by molar-refractivity contribution is 0.00415. The van der Waals surface area contributed by atoms with Gasteiger partial charge in [-0.05, 0) is 30.5 Å². The molecule has 0 fully saturated rings. The van der Waals surface area contributed by atoms with Crippen molar-refractivity contribution in [2.24, 2.45) is 0 Å². The molecule has 1 rings (SSSR count). The van der Waals surface area contributed by atoms with Gasteiger partial charge in [0.25, 0.3) is 0 Å². The fraction of sp³-hybridized carbons (Fsp3) is 0.455. The van der Waals surface area contributed by atoms with Gasteiger partial charge in [-0.3, -0.25) is 0 Å². The molecule has 3 nitrogen and oxygen atoms in total. The molecule has 1 aromatic carbocycles. The molecule has 0 bridgehead atoms. The molecule has 3 N–H and O–H groups in total. The Hall–Kier alpha value is -0.970. The summed E-state index contributed by atoms with van der Waals surface area (Å²) in [6.45, 7) is 1.39. The second kappa shape index (κ2) is 5.21. The van der Waals surface area contributed by atoms with Gasteiger partial charge in [0.2, 0.25) is 0 Å². The minimum Gasteiger partial charge on any atom is -0.396 e. The highest BCUT2D eigenvalue weighted by atomic mass is 19.1. The third kappa shape index (κ3) is 2.99. The Morgan fingerprint density at radius 1 is 1.33 bits per heavy atom. The number of hydrogen-bond acceptors (Lipinski definition) is 3. The average Bonchev–Trinajstić information content (AvgIpc) is 2.21. The minimum atomic E-state index is -1.09. The number of halogens is 1. The van der Waals surface area contributed by atoms with E-state index in [1.54, 1.807) is 6.92 Å². The van der Waals surface area contributed by atoms with E-state index in [0.29, 0.717) is 11.1 Å². The first kappa shape index (κ1) is 12.1. The maximum Gasteiger partial charge on any atom is 0.126 e. The van der Waals surface area contributed by atoms with E-state index in [2.05, 4.69) is 0 Å². The van der Waals surface area contributed by atoms with E-state index >= 15 is 0 Å². The molecule has 0 saturated carbocycles. The van der Waals surface area contributed by atoms with Crippen molar-refractivity contribution in [2.75, 3.05) is 6.61 Å². The van der Waals surface area contributed by atoms with Crippen molar-refractivity contribution >= 4 is 0 Å². The zero-order valence-electron chi connectivity index (χ0n) is 8.52. The normalized spacial score (nSPS) is 15.0. The Morgan fingerprint density at radius 2 is 2.00 bits per heavy atom. The molecular formula is C11H15FO3. The minimum absolute atomic E-state index is 0.0948. The van der Waals surface area contributed by atoms with Crippen LogP contribution in [0.4, 0.5) is 4.39 Å². The van der Waals surface area contributed by atoms with Crippen molar-refractivity contribution < 1.29 is 19.7 Å². The van der Waals surface area contributed by atoms with Crippen LogP contribution in [-0.4, -0.2) is 28.0 Å². The SMILES string of the molecule is Cc1cc(C(O)C(O)CCO)ccc1F. The van der Waals surface area contributed by atoms with Crippen molar-refractivity contribution in [3.05, 3.63) is 35.1 Å². The molecule has 1 aromatic rings. The van der Waals surface area contributed by atoms with Crippen molar-refractivity contribution in [2.45, 2.75) is 25.6 Å². The lowest BCUT2D eigenvalue weighted by atomic mass is 10.0. The summed E-state index contributed by atoms with van der Waals surface area (Å²) in [6, 6.07) is 4.16. The summed E-state index contributed by atoms with van der Waals surface area (Å²) in [6.07, 6.45) is -2.02. The highest BCUT2D eigenvalue weighted by molar-refractivity contribution is 5.26. The standard InChI is InChI=1S/C11H15FO3/c1-7-6-8(2-3-9(7)12)11(15)10(14)4-5-13/h2-3,6,10-11,13-15H,4-5H2,1H3. The van der Waals surface area contributed by atoms with Gasteiger partial charge in [0.05, 0.1) is 6.10 Å². The maximum atomic E-state index is 12.9. The van der Waals surface area contributed by atoms with Crippen LogP contribution in [0.5, 0.6) is 0 Å². The van der Waals surface area contributed by atoms with Crippen LogP contribution in [-0.2, 0) is 0 Å². The van der Waals surface area contributed by atoms with E-state index in [-0.39, 0.29) is 18.8 Å². The molecule has 0 amide bonds. The molecule has 0 aromatic heterocycles. The van der Waals surface area contributed by atoms with E-state index in [4.69, 9.17) is 5.11 Å². The molecule has 15 heavy (non-hydrogen) atoms. The number of aliphatic hydroxyl groups excluding tert-OH is 3. The molecule has 0 aliphatic rings. The molecule has 0 heterocycles. The van der Waals surface area contributed by atoms with Crippen molar-refractivity contribution in [1.29, 1.82) is 0 Å². The first-order valence-corrected chi connectivity index (χ1v) is 4.79. The zero-order valence-corrected chi connectivity index (χ0v) is 8.52. The predicted molar refractivity (Wildman–Crippen MR) is 53.8 cm³/mol. The molecule has 0 aliphatic heterocycles. The quantitative estimate of drug-likeness (QED) is 0.698. The third-order valence-electron chi connectivity index (χ3n) is 2.31. The molecule has 0 aliphatic carbocycles. The first-order valence-electron chi connectivity index (χ1n) is 4.79. The van der Waals surface area contributed by atoms with Gasteiger partial charge >= 0.3 is 0 Å². The van der Waals surface area contributed by atoms with E-state index in [1.807, 2.05) is 0 Å². The molecule has 0 saturated heterocycles. The topological polar surface area (TPSA) is 60.7 Å². The van der Waals surface area contributed by atoms with E-state index < -0.39 is 12.2 Å². The molecule has 2 unspecified atom stereocenters. The second-order valence-corrected chi connectivity index (χ2v) is 3.53. The fourth-order valence-electron chi connectivity index (χ4n) is 1.36. The Balaban J connectivity index is 2.81. The first-order chi connectivity index (χ1) is 7.06. The number of aliphatic hydroxyl groups is 3. The lowest BCUT2D eigenvalue weighted by Gasteiger charge is -2.17. The van der Waals surface area contributed by atoms with Crippen molar-refractivity contribution in [1.82, 2.24) is 0 Å². The average molecular weight is 214 g/mol. The van der Waals surface area contributed by atoms with Gasteiger partial charge in [0, 0.05) is 6.61 Å². The van der Waals surface area contributed by atoms with Gasteiger partial charge in [-0.15, -0.1) is 0 Å². The third-order valence-corrected chi connectivity index (χ3v) is 2.31. The lowest BCUT2D eigenvalue weighted by Crippen LogP contribution is -2.19. The van der Waals surface area contributed by atoms with Crippen LogP contribution in [0.2, 0.25) is 0 Å². The molecule has 0 spiro atoms. The van der Waals surface area contributed by atoms with E-state index in [0.717, 1.165) is 0 Å². The van der Waals surface area contributed by atoms with Crippen LogP contribution >= 0.6 is 0 Å². The van der Waals surface area contributed by atoms with Gasteiger partial charge < -0.3 is 15.3 Å². The van der Waals surface area contributed by atoms with Crippen molar-refractivity contribution in [3.8, 4) is 0 Å². The summed E-state index contributed by atoms with van der Waals surface area (Å²) < 4.78 is 12.9. The van der Waals surface area contributed by atoms with Gasteiger partial charge in [-0.1, -0.05) is 12.1 Å². The van der Waals surface area contributed by atoms with Gasteiger partial charge in [-0.25, -0.2) is 4.39 Å². The summed E-state index contributed by atoms with van der Waals surface area (Å²) in [5.74, 6) is -0.345. The molecule has 0 radical (unpaired) electrons. The number of hydrogen-bond donors (Lipinski definition) is 3. The number of aryl methyl sites for hydroxylation is 1. The fourth-order valence-corrected chi connectivity index (χ4v) is 1.36. The summed E-state index contributed by atoms with van der Waals surface area (Å²) in [4.78, 5) is 0. The zero-order chi connectivity index (χ0) is 11.4. The van der Waals surface area contributed by atoms with Crippen LogP contribution in [0.1, 0.15) is 23.7 Å². The van der Waals surface area contributed by atoms with Crippen LogP contribution in [0, 0.1) is 12.7 Å². The smallest absolute Gasteiger partial charge is 0.126 e. The maximum absolute atomic E-state index is 12.9. The molecular weight excluding hydrogens is 199 g/mol. The number of rotatable bonds is 4. The summed E-state index contributed by atoms with van der Waals surface area (Å²) in [5.41, 5.74) is 0.873. The highest BCUT2D eigenvalue weighted by Crippen LogP contribution is 2.20. The number of benzene rings is 1. The molecule has 2 atom stereocenters. The van der Waals surface area contributed by atoms with Crippen LogP contribution in [0.15, 0.2) is 18.2 Å². The Bertz CT molecular complexity index is 328. The largest absolute Gasteiger partial charge is 0.396 e. The highest BCUT2D eigenvalue weighted by Gasteiger charge is 2.18. The van der Waals surface area contributed by atoms with Crippen LogP contribution in [0.25, 0.3) is 0 Å². The van der Waals surface area contributed by atoms with E-state index in [1.165, 1.54) is 18.2 Å². The van der Waals surface area contributed by atoms with Gasteiger partial charge in [0.15, 0.2) is 0 Å². The Labute approximate surface area is 87.8 Å². The monoisotopic (exact) mass is 214 g/mol. The molecule has 4 heteroatoms. The predicted octanol–water partition coefficient (Wildman–Crippen LogP) is 0.911. The van der Waals surface area contributed by atoms with Crippen molar-refractivity contribution in [3.63, 3.8) is 0 Å². The Kier molecular flexibility index (Phi) is 4.20. The van der Waals surface area contributed by atoms with Gasteiger partial charge in [0.1, 0.15) is 11.9 Å². The summed E-state index contributed by atoms with van der Waals surface area (Å²) in [5, 5.41) is 27.7. The summed E-state index contributed by atoms with van der Waals surface area (Å²) in [7, 11) is 0. The molecule has 84 valence electrons. The summed E-state index contributed by atoms with van der Waals surface area (Å²) >= 11 is 0. The van der Waals surface area contributed by atoms with E-state index in [9.17, 15) is 14.6 Å². The Morgan fingerprint density at radius 3 is 2.53 bits per heavy atom. The van der Waals surface area contributed by atoms with Crippen LogP contribution in [0.3, 0.4) is 0 Å². The second-order valence-electron chi connectivity index (χ2n) is 3.53. The van der Waals surface area contributed by atoms with Gasteiger partial charge in [-0.2, -0.15) is 0 Å². The van der Waals surface area contributed by atoms with Crippen LogP contribution < -0.4 is 0 Å².